The Labute approximate surface area is 218 Å². The molecule has 0 aliphatic carbocycles. The SMILES string of the molecule is COc1cccc(CN(C[C@@H](O)[C@H](Cc2cccc(Br)c2)NC(=O)OCc2ccccc2)C(=O)O)c1. The van der Waals surface area contributed by atoms with Crippen LogP contribution in [0.2, 0.25) is 0 Å². The van der Waals surface area contributed by atoms with Crippen LogP contribution in [-0.2, 0) is 24.3 Å². The number of halogens is 1. The molecular formula is C27H29BrN2O6. The molecule has 0 fully saturated rings. The molecule has 8 nitrogen and oxygen atoms in total. The van der Waals surface area contributed by atoms with Crippen LogP contribution in [0.15, 0.2) is 83.3 Å². The molecule has 9 heteroatoms. The van der Waals surface area contributed by atoms with E-state index in [9.17, 15) is 19.8 Å². The predicted molar refractivity (Wildman–Crippen MR) is 139 cm³/mol. The van der Waals surface area contributed by atoms with Crippen LogP contribution in [0.3, 0.4) is 0 Å². The summed E-state index contributed by atoms with van der Waals surface area (Å²) in [5, 5.41) is 23.6. The molecule has 0 unspecified atom stereocenters. The molecule has 0 aliphatic heterocycles. The molecular weight excluding hydrogens is 528 g/mol. The average molecular weight is 557 g/mol. The summed E-state index contributed by atoms with van der Waals surface area (Å²) in [5.74, 6) is 0.605. The maximum atomic E-state index is 12.6. The Morgan fingerprint density at radius 3 is 2.36 bits per heavy atom. The Morgan fingerprint density at radius 2 is 1.67 bits per heavy atom. The lowest BCUT2D eigenvalue weighted by atomic mass is 10.0. The maximum absolute atomic E-state index is 12.6. The number of benzene rings is 3. The van der Waals surface area contributed by atoms with E-state index in [4.69, 9.17) is 9.47 Å². The summed E-state index contributed by atoms with van der Waals surface area (Å²) in [4.78, 5) is 25.6. The van der Waals surface area contributed by atoms with Gasteiger partial charge in [0.1, 0.15) is 12.4 Å². The van der Waals surface area contributed by atoms with Crippen molar-refractivity contribution in [3.8, 4) is 5.75 Å². The lowest BCUT2D eigenvalue weighted by molar-refractivity contribution is 0.0657. The predicted octanol–water partition coefficient (Wildman–Crippen LogP) is 4.84. The van der Waals surface area contributed by atoms with Crippen molar-refractivity contribution in [1.29, 1.82) is 0 Å². The van der Waals surface area contributed by atoms with Crippen molar-refractivity contribution in [2.24, 2.45) is 0 Å². The minimum Gasteiger partial charge on any atom is -0.497 e. The van der Waals surface area contributed by atoms with E-state index in [1.807, 2.05) is 54.6 Å². The number of aliphatic hydroxyl groups excluding tert-OH is 1. The van der Waals surface area contributed by atoms with E-state index in [0.717, 1.165) is 20.5 Å². The Kier molecular flexibility index (Phi) is 10.1. The van der Waals surface area contributed by atoms with Crippen molar-refractivity contribution in [2.45, 2.75) is 31.7 Å². The van der Waals surface area contributed by atoms with Crippen LogP contribution in [0.1, 0.15) is 16.7 Å². The summed E-state index contributed by atoms with van der Waals surface area (Å²) in [6.07, 6.45) is -2.82. The van der Waals surface area contributed by atoms with Gasteiger partial charge < -0.3 is 29.9 Å². The molecule has 0 saturated heterocycles. The van der Waals surface area contributed by atoms with Crippen LogP contribution in [0.4, 0.5) is 9.59 Å². The molecule has 2 atom stereocenters. The van der Waals surface area contributed by atoms with Crippen LogP contribution >= 0.6 is 15.9 Å². The van der Waals surface area contributed by atoms with E-state index < -0.39 is 24.3 Å². The number of carboxylic acid groups (broad SMARTS) is 1. The fourth-order valence-electron chi connectivity index (χ4n) is 3.67. The Morgan fingerprint density at radius 1 is 0.972 bits per heavy atom. The molecule has 2 amide bonds. The molecule has 0 radical (unpaired) electrons. The number of nitrogens with one attached hydrogen (secondary N) is 1. The average Bonchev–Trinajstić information content (AvgIpc) is 2.87. The van der Waals surface area contributed by atoms with Crippen LogP contribution < -0.4 is 10.1 Å². The molecule has 0 heterocycles. The fraction of sp³-hybridized carbons (Fsp3) is 0.259. The molecule has 3 aromatic rings. The Balaban J connectivity index is 1.71. The van der Waals surface area contributed by atoms with E-state index >= 15 is 0 Å². The van der Waals surface area contributed by atoms with Crippen LogP contribution in [0.5, 0.6) is 5.75 Å². The highest BCUT2D eigenvalue weighted by Crippen LogP contribution is 2.17. The zero-order valence-electron chi connectivity index (χ0n) is 19.8. The maximum Gasteiger partial charge on any atom is 0.407 e. The molecule has 0 bridgehead atoms. The Hall–Kier alpha value is -3.56. The second-order valence-corrected chi connectivity index (χ2v) is 9.14. The van der Waals surface area contributed by atoms with Gasteiger partial charge in [-0.1, -0.05) is 70.5 Å². The summed E-state index contributed by atoms with van der Waals surface area (Å²) in [5.41, 5.74) is 2.39. The second kappa shape index (κ2) is 13.5. The third kappa shape index (κ3) is 8.58. The first-order chi connectivity index (χ1) is 17.3. The number of hydrogen-bond acceptors (Lipinski definition) is 5. The number of rotatable bonds is 11. The minimum atomic E-state index is -1.20. The van der Waals surface area contributed by atoms with Crippen molar-refractivity contribution in [3.05, 3.63) is 100 Å². The number of alkyl carbamates (subject to hydrolysis) is 1. The van der Waals surface area contributed by atoms with Gasteiger partial charge in [-0.3, -0.25) is 0 Å². The number of carbonyl (C=O) groups excluding carboxylic acids is 1. The van der Waals surface area contributed by atoms with Gasteiger partial charge in [-0.15, -0.1) is 0 Å². The number of ether oxygens (including phenoxy) is 2. The summed E-state index contributed by atoms with van der Waals surface area (Å²) in [7, 11) is 1.53. The standard InChI is InChI=1S/C27H29BrN2O6/c1-35-23-12-6-10-21(14-23)16-30(27(33)34)17-25(31)24(15-20-9-5-11-22(28)13-20)29-26(32)36-18-19-7-3-2-4-8-19/h2-14,24-25,31H,15-18H2,1H3,(H,29,32)(H,33,34)/t24-,25+/m0/s1. The Bertz CT molecular complexity index is 1140. The summed E-state index contributed by atoms with van der Waals surface area (Å²) < 4.78 is 11.4. The monoisotopic (exact) mass is 556 g/mol. The quantitative estimate of drug-likeness (QED) is 0.312. The molecule has 0 spiro atoms. The van der Waals surface area contributed by atoms with Gasteiger partial charge in [-0.05, 0) is 47.4 Å². The molecule has 190 valence electrons. The van der Waals surface area contributed by atoms with Gasteiger partial charge in [0.25, 0.3) is 0 Å². The van der Waals surface area contributed by atoms with Crippen molar-refractivity contribution in [3.63, 3.8) is 0 Å². The topological polar surface area (TPSA) is 108 Å². The van der Waals surface area contributed by atoms with Gasteiger partial charge in [0.15, 0.2) is 0 Å². The van der Waals surface area contributed by atoms with E-state index in [1.165, 1.54) is 7.11 Å². The summed E-state index contributed by atoms with van der Waals surface area (Å²) in [6, 6.07) is 23.0. The molecule has 0 saturated carbocycles. The number of hydrogen-bond donors (Lipinski definition) is 3. The zero-order valence-corrected chi connectivity index (χ0v) is 21.4. The smallest absolute Gasteiger partial charge is 0.407 e. The highest BCUT2D eigenvalue weighted by molar-refractivity contribution is 9.10. The molecule has 3 rings (SSSR count). The van der Waals surface area contributed by atoms with E-state index in [0.29, 0.717) is 11.3 Å². The van der Waals surface area contributed by atoms with Crippen molar-refractivity contribution in [2.75, 3.05) is 13.7 Å². The molecule has 0 aliphatic rings. The van der Waals surface area contributed by atoms with Crippen LogP contribution in [-0.4, -0.2) is 53.1 Å². The number of carbonyl (C=O) groups is 2. The normalized spacial score (nSPS) is 12.3. The third-order valence-electron chi connectivity index (χ3n) is 5.51. The number of amides is 2. The first kappa shape index (κ1) is 27.0. The lowest BCUT2D eigenvalue weighted by Gasteiger charge is -2.29. The molecule has 0 aromatic heterocycles. The van der Waals surface area contributed by atoms with Gasteiger partial charge in [-0.2, -0.15) is 0 Å². The van der Waals surface area contributed by atoms with Crippen LogP contribution in [0.25, 0.3) is 0 Å². The molecule has 3 N–H and O–H groups in total. The lowest BCUT2D eigenvalue weighted by Crippen LogP contribution is -2.50. The highest BCUT2D eigenvalue weighted by atomic mass is 79.9. The van der Waals surface area contributed by atoms with Gasteiger partial charge in [-0.25, -0.2) is 9.59 Å². The van der Waals surface area contributed by atoms with Crippen LogP contribution in [0, 0.1) is 0 Å². The molecule has 3 aromatic carbocycles. The highest BCUT2D eigenvalue weighted by Gasteiger charge is 2.27. The largest absolute Gasteiger partial charge is 0.497 e. The number of aliphatic hydroxyl groups is 1. The third-order valence-corrected chi connectivity index (χ3v) is 6.00. The van der Waals surface area contributed by atoms with E-state index in [-0.39, 0.29) is 26.1 Å². The first-order valence-corrected chi connectivity index (χ1v) is 12.1. The van der Waals surface area contributed by atoms with Gasteiger partial charge in [0.05, 0.1) is 25.8 Å². The second-order valence-electron chi connectivity index (χ2n) is 8.23. The van der Waals surface area contributed by atoms with E-state index in [1.54, 1.807) is 24.3 Å². The summed E-state index contributed by atoms with van der Waals surface area (Å²) >= 11 is 3.43. The van der Waals surface area contributed by atoms with E-state index in [2.05, 4.69) is 21.2 Å². The van der Waals surface area contributed by atoms with Gasteiger partial charge in [0.2, 0.25) is 0 Å². The molecule has 36 heavy (non-hydrogen) atoms. The van der Waals surface area contributed by atoms with Gasteiger partial charge in [0, 0.05) is 11.0 Å². The zero-order chi connectivity index (χ0) is 25.9. The number of nitrogens with zero attached hydrogens (tertiary/aromatic N) is 1. The first-order valence-electron chi connectivity index (χ1n) is 11.3. The summed E-state index contributed by atoms with van der Waals surface area (Å²) in [6.45, 7) is -0.0979. The minimum absolute atomic E-state index is 0.0473. The van der Waals surface area contributed by atoms with Crippen molar-refractivity contribution < 1.29 is 29.3 Å². The number of methoxy groups -OCH3 is 1. The van der Waals surface area contributed by atoms with Gasteiger partial charge >= 0.3 is 12.2 Å². The van der Waals surface area contributed by atoms with Crippen molar-refractivity contribution >= 4 is 28.1 Å². The van der Waals surface area contributed by atoms with Crippen molar-refractivity contribution in [1.82, 2.24) is 10.2 Å². The fourth-order valence-corrected chi connectivity index (χ4v) is 4.12.